The third kappa shape index (κ3) is 1.80. The van der Waals surface area contributed by atoms with E-state index < -0.39 is 0 Å². The summed E-state index contributed by atoms with van der Waals surface area (Å²) in [4.78, 5) is 7.76. The van der Waals surface area contributed by atoms with Crippen molar-refractivity contribution in [2.45, 2.75) is 6.17 Å². The maximum Gasteiger partial charge on any atom is 0.365 e. The largest absolute Gasteiger partial charge is 0.508 e. The van der Waals surface area contributed by atoms with Gasteiger partial charge in [-0.1, -0.05) is 24.3 Å². The molecule has 0 aliphatic carbocycles. The van der Waals surface area contributed by atoms with Gasteiger partial charge in [0.05, 0.1) is 0 Å². The van der Waals surface area contributed by atoms with E-state index in [2.05, 4.69) is 15.3 Å². The van der Waals surface area contributed by atoms with Crippen molar-refractivity contribution in [1.29, 1.82) is 0 Å². The van der Waals surface area contributed by atoms with Crippen LogP contribution in [0.5, 0.6) is 5.75 Å². The van der Waals surface area contributed by atoms with Crippen LogP contribution in [0.25, 0.3) is 11.0 Å². The highest BCUT2D eigenvalue weighted by Crippen LogP contribution is 2.25. The zero-order chi connectivity index (χ0) is 14.4. The molecule has 6 heteroatoms. The van der Waals surface area contributed by atoms with Crippen LogP contribution in [0.1, 0.15) is 11.7 Å². The van der Waals surface area contributed by atoms with Gasteiger partial charge in [0.2, 0.25) is 6.17 Å². The van der Waals surface area contributed by atoms with Crippen LogP contribution < -0.4 is 15.6 Å². The quantitative estimate of drug-likeness (QED) is 0.508. The fraction of sp³-hybridized carbons (Fsp3) is 0.0667. The van der Waals surface area contributed by atoms with E-state index in [-0.39, 0.29) is 11.9 Å². The molecule has 2 heterocycles. The molecule has 0 bridgehead atoms. The van der Waals surface area contributed by atoms with E-state index in [4.69, 9.17) is 5.73 Å². The first-order valence-corrected chi connectivity index (χ1v) is 6.64. The molecule has 3 aromatic rings. The van der Waals surface area contributed by atoms with E-state index in [1.165, 1.54) is 0 Å². The van der Waals surface area contributed by atoms with Crippen LogP contribution in [0.15, 0.2) is 53.5 Å². The zero-order valence-corrected chi connectivity index (χ0v) is 11.1. The molecule has 6 nitrogen and oxygen atoms in total. The number of nitrogens with one attached hydrogen (secondary N) is 2. The molecule has 0 amide bonds. The average Bonchev–Trinajstić information content (AvgIpc) is 2.84. The second-order valence-electron chi connectivity index (χ2n) is 4.97. The summed E-state index contributed by atoms with van der Waals surface area (Å²) < 4.78 is 2.03. The molecule has 0 saturated heterocycles. The van der Waals surface area contributed by atoms with Crippen molar-refractivity contribution >= 4 is 22.9 Å². The highest BCUT2D eigenvalue weighted by Gasteiger charge is 2.30. The van der Waals surface area contributed by atoms with E-state index in [0.29, 0.717) is 5.96 Å². The van der Waals surface area contributed by atoms with E-state index in [1.54, 1.807) is 18.2 Å². The summed E-state index contributed by atoms with van der Waals surface area (Å²) in [5.41, 5.74) is 8.76. The number of para-hydroxylation sites is 2. The highest BCUT2D eigenvalue weighted by atomic mass is 16.3. The molecule has 0 spiro atoms. The lowest BCUT2D eigenvalue weighted by atomic mass is 10.1. The van der Waals surface area contributed by atoms with Crippen LogP contribution in [-0.2, 0) is 0 Å². The molecule has 4 rings (SSSR count). The predicted molar refractivity (Wildman–Crippen MR) is 80.0 cm³/mol. The molecule has 5 N–H and O–H groups in total. The highest BCUT2D eigenvalue weighted by molar-refractivity contribution is 5.92. The van der Waals surface area contributed by atoms with Crippen molar-refractivity contribution in [2.24, 2.45) is 10.7 Å². The predicted octanol–water partition coefficient (Wildman–Crippen LogP) is 1.45. The van der Waals surface area contributed by atoms with Gasteiger partial charge in [0.25, 0.3) is 5.96 Å². The Hall–Kier alpha value is -3.02. The van der Waals surface area contributed by atoms with Gasteiger partial charge in [0, 0.05) is 5.56 Å². The minimum Gasteiger partial charge on any atom is -0.508 e. The summed E-state index contributed by atoms with van der Waals surface area (Å²) in [6.45, 7) is 0. The fourth-order valence-corrected chi connectivity index (χ4v) is 2.70. The molecule has 1 atom stereocenters. The first-order valence-electron chi connectivity index (χ1n) is 6.64. The Bertz CT molecular complexity index is 867. The van der Waals surface area contributed by atoms with Gasteiger partial charge in [0.15, 0.2) is 0 Å². The number of aromatic nitrogens is 2. The van der Waals surface area contributed by atoms with Crippen LogP contribution in [-0.4, -0.2) is 16.1 Å². The number of hydrogen-bond donors (Lipinski definition) is 4. The number of aromatic amines is 1. The minimum atomic E-state index is -0.315. The number of fused-ring (bicyclic) bond motifs is 3. The molecule has 0 radical (unpaired) electrons. The smallest absolute Gasteiger partial charge is 0.365 e. The molecule has 21 heavy (non-hydrogen) atoms. The van der Waals surface area contributed by atoms with Crippen molar-refractivity contribution in [2.75, 3.05) is 5.32 Å². The maximum atomic E-state index is 9.71. The third-order valence-corrected chi connectivity index (χ3v) is 3.58. The number of H-pyrrole nitrogens is 1. The number of nitrogens with zero attached hydrogens (tertiary/aromatic N) is 2. The summed E-state index contributed by atoms with van der Waals surface area (Å²) in [6.07, 6.45) is -0.315. The second-order valence-corrected chi connectivity index (χ2v) is 4.97. The number of nitrogens with two attached hydrogens (primary N) is 1. The first-order chi connectivity index (χ1) is 10.2. The number of aromatic hydroxyl groups is 1. The number of hydrogen-bond acceptors (Lipinski definition) is 4. The molecule has 0 fully saturated rings. The number of anilines is 1. The Kier molecular flexibility index (Phi) is 2.38. The third-order valence-electron chi connectivity index (χ3n) is 3.58. The van der Waals surface area contributed by atoms with Crippen molar-refractivity contribution in [3.63, 3.8) is 0 Å². The number of phenols is 1. The summed E-state index contributed by atoms with van der Waals surface area (Å²) >= 11 is 0. The van der Waals surface area contributed by atoms with Crippen molar-refractivity contribution in [3.8, 4) is 5.75 Å². The van der Waals surface area contributed by atoms with Crippen LogP contribution in [0.4, 0.5) is 5.95 Å². The molecule has 1 aromatic heterocycles. The summed E-state index contributed by atoms with van der Waals surface area (Å²) in [7, 11) is 0. The van der Waals surface area contributed by atoms with Gasteiger partial charge in [0.1, 0.15) is 16.8 Å². The average molecular weight is 280 g/mol. The number of phenolic OH excluding ortho intramolecular Hbond substituents is 1. The zero-order valence-electron chi connectivity index (χ0n) is 11.1. The normalized spacial score (nSPS) is 17.1. The number of guanidine groups is 1. The van der Waals surface area contributed by atoms with Gasteiger partial charge in [-0.25, -0.2) is 14.9 Å². The Morgan fingerprint density at radius 1 is 1.14 bits per heavy atom. The molecule has 0 unspecified atom stereocenters. The van der Waals surface area contributed by atoms with Crippen LogP contribution in [0.2, 0.25) is 0 Å². The van der Waals surface area contributed by atoms with Crippen LogP contribution >= 0.6 is 0 Å². The van der Waals surface area contributed by atoms with E-state index >= 15 is 0 Å². The Morgan fingerprint density at radius 2 is 2.00 bits per heavy atom. The Balaban J connectivity index is 1.97. The van der Waals surface area contributed by atoms with Gasteiger partial charge >= 0.3 is 5.95 Å². The first kappa shape index (κ1) is 11.8. The van der Waals surface area contributed by atoms with Crippen molar-refractivity contribution < 1.29 is 9.67 Å². The van der Waals surface area contributed by atoms with E-state index in [1.807, 2.05) is 34.9 Å². The molecule has 1 aliphatic heterocycles. The maximum absolute atomic E-state index is 9.71. The van der Waals surface area contributed by atoms with Gasteiger partial charge in [-0.2, -0.15) is 4.99 Å². The lowest BCUT2D eigenvalue weighted by Gasteiger charge is -2.18. The molecule has 104 valence electrons. The molecule has 2 aromatic carbocycles. The molecular weight excluding hydrogens is 266 g/mol. The molecular formula is C15H14N5O+. The molecule has 1 aliphatic rings. The Labute approximate surface area is 120 Å². The summed E-state index contributed by atoms with van der Waals surface area (Å²) in [5.74, 6) is 1.33. The Morgan fingerprint density at radius 3 is 2.86 bits per heavy atom. The number of aliphatic imine (C=N–C) groups is 1. The van der Waals surface area contributed by atoms with Gasteiger partial charge in [-0.05, 0) is 24.3 Å². The lowest BCUT2D eigenvalue weighted by molar-refractivity contribution is -0.674. The summed E-state index contributed by atoms with van der Waals surface area (Å²) in [6, 6.07) is 15.0. The standard InChI is InChI=1S/C15H13N5O/c16-14-18-13(9-4-3-5-10(21)8-9)20-12-7-2-1-6-11(12)17-15(20)19-14/h1-8,13H,(H4,16,17,18,19,21)/p+1/t13-/m1/s1. The fourth-order valence-electron chi connectivity index (χ4n) is 2.70. The number of rotatable bonds is 1. The van der Waals surface area contributed by atoms with Gasteiger partial charge < -0.3 is 10.8 Å². The SMILES string of the molecule is NC1=N[C@@H](c2cccc(O)c2)[n+]2c([nH]c3ccccc32)N1. The number of benzene rings is 2. The van der Waals surface area contributed by atoms with Crippen LogP contribution in [0, 0.1) is 0 Å². The summed E-state index contributed by atoms with van der Waals surface area (Å²) in [5, 5.41) is 12.7. The number of imidazole rings is 1. The minimum absolute atomic E-state index is 0.210. The monoisotopic (exact) mass is 280 g/mol. The van der Waals surface area contributed by atoms with Crippen LogP contribution in [0.3, 0.4) is 0 Å². The van der Waals surface area contributed by atoms with E-state index in [0.717, 1.165) is 22.5 Å². The van der Waals surface area contributed by atoms with Crippen molar-refractivity contribution in [1.82, 2.24) is 4.98 Å². The van der Waals surface area contributed by atoms with E-state index in [9.17, 15) is 5.11 Å². The molecule has 0 saturated carbocycles. The second kappa shape index (κ2) is 4.24. The van der Waals surface area contributed by atoms with Gasteiger partial charge in [-0.3, -0.25) is 0 Å². The van der Waals surface area contributed by atoms with Gasteiger partial charge in [-0.15, -0.1) is 0 Å². The lowest BCUT2D eigenvalue weighted by Crippen LogP contribution is -2.48. The topological polar surface area (TPSA) is 90.3 Å². The van der Waals surface area contributed by atoms with Crippen molar-refractivity contribution in [3.05, 3.63) is 54.1 Å².